The van der Waals surface area contributed by atoms with E-state index in [-0.39, 0.29) is 11.6 Å². The van der Waals surface area contributed by atoms with Gasteiger partial charge in [-0.25, -0.2) is 4.98 Å². The molecule has 1 heterocycles. The molecule has 0 aliphatic carbocycles. The number of aryl methyl sites for hydroxylation is 1. The molecule has 0 fully saturated rings. The van der Waals surface area contributed by atoms with Crippen LogP contribution >= 0.6 is 23.2 Å². The summed E-state index contributed by atoms with van der Waals surface area (Å²) in [7, 11) is 3.50. The molecule has 4 rings (SSSR count). The lowest BCUT2D eigenvalue weighted by atomic mass is 9.78. The van der Waals surface area contributed by atoms with E-state index < -0.39 is 10.8 Å². The average Bonchev–Trinajstić information content (AvgIpc) is 3.29. The zero-order chi connectivity index (χ0) is 33.1. The Balaban J connectivity index is 0.000000269. The Morgan fingerprint density at radius 2 is 1.36 bits per heavy atom. The van der Waals surface area contributed by atoms with Crippen LogP contribution in [0.4, 0.5) is 23.0 Å². The van der Waals surface area contributed by atoms with Crippen molar-refractivity contribution in [2.24, 2.45) is 7.05 Å². The van der Waals surface area contributed by atoms with Crippen LogP contribution in [0.25, 0.3) is 11.0 Å². The minimum Gasteiger partial charge on any atom is -0.397 e. The van der Waals surface area contributed by atoms with Crippen LogP contribution in [0.5, 0.6) is 0 Å². The molecule has 9 nitrogen and oxygen atoms in total. The van der Waals surface area contributed by atoms with Gasteiger partial charge in [0.1, 0.15) is 23.7 Å². The number of carbonyl (C=O) groups excluding carboxylic acids is 2. The number of ketones is 2. The zero-order valence-corrected chi connectivity index (χ0v) is 27.5. The Hall–Kier alpha value is -4.57. The number of nitrogens with two attached hydrogens (primary N) is 1. The number of nitriles is 2. The van der Waals surface area contributed by atoms with Gasteiger partial charge in [0, 0.05) is 24.9 Å². The standard InChI is InChI=1S/C20H18Cl2N4O.C13H17N3O/c1-11(27)20(2,3)13-8-9-16-18(12(13)10-23)26(4)19(24-16)25-17-14(21)6-5-7-15(17)22;1-8(17)13(2,3)10-5-6-11(15)12(16-4)9(10)7-14/h5-9H,1-4H3,(H,24,25);5-6,16H,15H2,1-4H3. The molecule has 4 aromatic rings. The summed E-state index contributed by atoms with van der Waals surface area (Å²) < 4.78 is 1.77. The summed E-state index contributed by atoms with van der Waals surface area (Å²) in [5.41, 5.74) is 9.50. The highest BCUT2D eigenvalue weighted by Gasteiger charge is 2.32. The highest BCUT2D eigenvalue weighted by Crippen LogP contribution is 2.37. The fourth-order valence-electron chi connectivity index (χ4n) is 4.68. The molecule has 0 atom stereocenters. The SMILES string of the molecule is CC(=O)C(C)(C)c1ccc2nc(Nc3c(Cl)cccc3Cl)n(C)c2c1C#N.CNc1c(N)ccc(C(C)(C)C(C)=O)c1C#N. The molecule has 0 radical (unpaired) electrons. The molecular formula is C33H35Cl2N7O2. The second-order valence-electron chi connectivity index (χ2n) is 11.4. The maximum absolute atomic E-state index is 12.1. The molecule has 11 heteroatoms. The number of Topliss-reactive ketones (excluding diaryl/α,β-unsaturated/α-hetero) is 2. The molecule has 0 bridgehead atoms. The number of fused-ring (bicyclic) bond motifs is 1. The van der Waals surface area contributed by atoms with Crippen LogP contribution in [0.1, 0.15) is 63.8 Å². The van der Waals surface area contributed by atoms with Gasteiger partial charge < -0.3 is 20.9 Å². The van der Waals surface area contributed by atoms with Gasteiger partial charge in [-0.3, -0.25) is 9.59 Å². The van der Waals surface area contributed by atoms with Crippen molar-refractivity contribution in [2.75, 3.05) is 23.4 Å². The van der Waals surface area contributed by atoms with Gasteiger partial charge in [-0.2, -0.15) is 10.5 Å². The molecule has 44 heavy (non-hydrogen) atoms. The van der Waals surface area contributed by atoms with Gasteiger partial charge in [0.2, 0.25) is 5.95 Å². The fourth-order valence-corrected chi connectivity index (χ4v) is 5.18. The number of para-hydroxylation sites is 1. The van der Waals surface area contributed by atoms with E-state index in [9.17, 15) is 20.1 Å². The van der Waals surface area contributed by atoms with Crippen LogP contribution in [0.3, 0.4) is 0 Å². The van der Waals surface area contributed by atoms with Crippen molar-refractivity contribution in [3.63, 3.8) is 0 Å². The number of nitrogen functional groups attached to an aromatic ring is 1. The van der Waals surface area contributed by atoms with Crippen LogP contribution in [0.2, 0.25) is 10.0 Å². The minimum atomic E-state index is -0.775. The normalized spacial score (nSPS) is 11.2. The number of carbonyl (C=O) groups is 2. The maximum atomic E-state index is 12.1. The lowest BCUT2D eigenvalue weighted by Gasteiger charge is -2.24. The number of hydrogen-bond donors (Lipinski definition) is 3. The van der Waals surface area contributed by atoms with Crippen LogP contribution in [0, 0.1) is 22.7 Å². The molecule has 3 aromatic carbocycles. The van der Waals surface area contributed by atoms with E-state index in [2.05, 4.69) is 27.8 Å². The van der Waals surface area contributed by atoms with Gasteiger partial charge in [-0.05, 0) is 76.9 Å². The summed E-state index contributed by atoms with van der Waals surface area (Å²) in [5, 5.41) is 26.0. The number of benzene rings is 3. The number of rotatable bonds is 7. The fraction of sp³-hybridized carbons (Fsp3) is 0.303. The van der Waals surface area contributed by atoms with Crippen LogP contribution < -0.4 is 16.4 Å². The first-order valence-corrected chi connectivity index (χ1v) is 14.4. The van der Waals surface area contributed by atoms with Gasteiger partial charge >= 0.3 is 0 Å². The third-order valence-corrected chi connectivity index (χ3v) is 8.68. The predicted octanol–water partition coefficient (Wildman–Crippen LogP) is 7.41. The number of hydrogen-bond acceptors (Lipinski definition) is 8. The molecule has 0 aliphatic rings. The lowest BCUT2D eigenvalue weighted by Crippen LogP contribution is -2.28. The van der Waals surface area contributed by atoms with E-state index in [1.807, 2.05) is 19.9 Å². The van der Waals surface area contributed by atoms with E-state index in [4.69, 9.17) is 28.9 Å². The van der Waals surface area contributed by atoms with Crippen molar-refractivity contribution < 1.29 is 9.59 Å². The largest absolute Gasteiger partial charge is 0.397 e. The Morgan fingerprint density at radius 3 is 1.84 bits per heavy atom. The Kier molecular flexibility index (Phi) is 10.0. The summed E-state index contributed by atoms with van der Waals surface area (Å²) in [4.78, 5) is 28.3. The monoisotopic (exact) mass is 631 g/mol. The van der Waals surface area contributed by atoms with E-state index in [0.29, 0.717) is 66.3 Å². The Bertz CT molecular complexity index is 1840. The zero-order valence-electron chi connectivity index (χ0n) is 26.0. The first kappa shape index (κ1) is 33.9. The minimum absolute atomic E-state index is 0.0123. The number of nitrogens with one attached hydrogen (secondary N) is 2. The van der Waals surface area contributed by atoms with Crippen molar-refractivity contribution in [3.8, 4) is 12.1 Å². The molecule has 0 aliphatic heterocycles. The van der Waals surface area contributed by atoms with Gasteiger partial charge in [0.25, 0.3) is 0 Å². The van der Waals surface area contributed by atoms with Crippen molar-refractivity contribution in [1.82, 2.24) is 9.55 Å². The van der Waals surface area contributed by atoms with Gasteiger partial charge in [0.15, 0.2) is 0 Å². The summed E-state index contributed by atoms with van der Waals surface area (Å²) in [5.74, 6) is 0.497. The quantitative estimate of drug-likeness (QED) is 0.178. The van der Waals surface area contributed by atoms with Crippen LogP contribution in [-0.2, 0) is 27.5 Å². The molecule has 1 aromatic heterocycles. The predicted molar refractivity (Wildman–Crippen MR) is 178 cm³/mol. The van der Waals surface area contributed by atoms with E-state index in [1.54, 1.807) is 68.9 Å². The first-order valence-electron chi connectivity index (χ1n) is 13.7. The van der Waals surface area contributed by atoms with Crippen LogP contribution in [0.15, 0.2) is 42.5 Å². The van der Waals surface area contributed by atoms with Gasteiger partial charge in [-0.15, -0.1) is 0 Å². The second-order valence-corrected chi connectivity index (χ2v) is 12.2. The first-order chi connectivity index (χ1) is 20.5. The average molecular weight is 633 g/mol. The number of nitrogens with zero attached hydrogens (tertiary/aromatic N) is 4. The Labute approximate surface area is 267 Å². The smallest absolute Gasteiger partial charge is 0.208 e. The topological polar surface area (TPSA) is 150 Å². The highest BCUT2D eigenvalue weighted by atomic mass is 35.5. The number of aromatic nitrogens is 2. The molecular weight excluding hydrogens is 597 g/mol. The summed E-state index contributed by atoms with van der Waals surface area (Å²) >= 11 is 12.5. The molecule has 4 N–H and O–H groups in total. The van der Waals surface area contributed by atoms with Crippen LogP contribution in [-0.4, -0.2) is 28.2 Å². The van der Waals surface area contributed by atoms with Gasteiger partial charge in [-0.1, -0.05) is 41.4 Å². The molecule has 228 valence electrons. The second kappa shape index (κ2) is 13.0. The third kappa shape index (κ3) is 6.21. The summed E-state index contributed by atoms with van der Waals surface area (Å²) in [6.45, 7) is 10.3. The third-order valence-electron chi connectivity index (χ3n) is 8.05. The van der Waals surface area contributed by atoms with Gasteiger partial charge in [0.05, 0.1) is 49.3 Å². The highest BCUT2D eigenvalue weighted by molar-refractivity contribution is 6.39. The Morgan fingerprint density at radius 1 is 0.864 bits per heavy atom. The van der Waals surface area contributed by atoms with E-state index in [1.165, 1.54) is 13.8 Å². The van der Waals surface area contributed by atoms with E-state index in [0.717, 1.165) is 0 Å². The number of halogens is 2. The van der Waals surface area contributed by atoms with Crippen molar-refractivity contribution in [1.29, 1.82) is 10.5 Å². The van der Waals surface area contributed by atoms with Crippen molar-refractivity contribution >= 4 is 68.8 Å². The lowest BCUT2D eigenvalue weighted by molar-refractivity contribution is -0.122. The number of imidazole rings is 1. The van der Waals surface area contributed by atoms with Crippen molar-refractivity contribution in [2.45, 2.75) is 52.4 Å². The summed E-state index contributed by atoms with van der Waals surface area (Å²) in [6.07, 6.45) is 0. The summed E-state index contributed by atoms with van der Waals surface area (Å²) in [6, 6.07) is 16.7. The molecule has 0 unspecified atom stereocenters. The maximum Gasteiger partial charge on any atom is 0.208 e. The molecule has 0 saturated heterocycles. The van der Waals surface area contributed by atoms with E-state index >= 15 is 0 Å². The van der Waals surface area contributed by atoms with Crippen molar-refractivity contribution in [3.05, 3.63) is 74.8 Å². The molecule has 0 amide bonds. The molecule has 0 saturated carbocycles. The number of anilines is 4. The molecule has 0 spiro atoms.